The van der Waals surface area contributed by atoms with Crippen LogP contribution in [0.25, 0.3) is 38.7 Å². The molecule has 13 nitrogen and oxygen atoms in total. The number of methoxy groups -OCH3 is 2. The number of aryl methyl sites for hydroxylation is 1. The summed E-state index contributed by atoms with van der Waals surface area (Å²) in [7, 11) is 2.59. The first-order valence-electron chi connectivity index (χ1n) is 21.3. The number of benzene rings is 4. The third-order valence-electron chi connectivity index (χ3n) is 12.3. The highest BCUT2D eigenvalue weighted by Crippen LogP contribution is 2.36. The van der Waals surface area contributed by atoms with E-state index in [0.717, 1.165) is 92.6 Å². The number of fused-ring (bicyclic) bond motifs is 1. The maximum absolute atomic E-state index is 14.1. The summed E-state index contributed by atoms with van der Waals surface area (Å²) in [4.78, 5) is 68.7. The molecule has 4 heterocycles. The van der Waals surface area contributed by atoms with Crippen LogP contribution in [-0.4, -0.2) is 88.9 Å². The van der Waals surface area contributed by atoms with Crippen molar-refractivity contribution in [2.75, 3.05) is 27.3 Å². The number of aromatic amines is 1. The number of carbonyl (C=O) groups is 4. The van der Waals surface area contributed by atoms with Crippen LogP contribution in [0.1, 0.15) is 80.6 Å². The molecule has 8 rings (SSSR count). The zero-order valence-electron chi connectivity index (χ0n) is 35.8. The second-order valence-electron chi connectivity index (χ2n) is 16.7. The molecule has 13 heteroatoms. The second kappa shape index (κ2) is 18.1. The summed E-state index contributed by atoms with van der Waals surface area (Å²) in [5.74, 6) is 0.321. The Morgan fingerprint density at radius 2 is 1.37 bits per heavy atom. The topological polar surface area (TPSA) is 158 Å². The van der Waals surface area contributed by atoms with Crippen LogP contribution < -0.4 is 10.6 Å². The molecule has 4 amide bonds. The van der Waals surface area contributed by atoms with Gasteiger partial charge in [0, 0.05) is 37.0 Å². The van der Waals surface area contributed by atoms with Crippen molar-refractivity contribution in [3.05, 3.63) is 120 Å². The molecule has 0 radical (unpaired) electrons. The number of rotatable bonds is 11. The van der Waals surface area contributed by atoms with Crippen LogP contribution in [0.2, 0.25) is 0 Å². The molecular formula is C49H53N7O6. The molecule has 5 aromatic rings. The van der Waals surface area contributed by atoms with Crippen molar-refractivity contribution in [3.63, 3.8) is 0 Å². The molecule has 3 N–H and O–H groups in total. The van der Waals surface area contributed by atoms with E-state index < -0.39 is 24.3 Å². The average molecular weight is 836 g/mol. The molecule has 0 aliphatic carbocycles. The summed E-state index contributed by atoms with van der Waals surface area (Å²) < 4.78 is 9.65. The largest absolute Gasteiger partial charge is 0.453 e. The van der Waals surface area contributed by atoms with Gasteiger partial charge in [0.05, 0.1) is 38.2 Å². The van der Waals surface area contributed by atoms with Crippen molar-refractivity contribution in [1.29, 1.82) is 0 Å². The van der Waals surface area contributed by atoms with Crippen molar-refractivity contribution < 1.29 is 28.7 Å². The van der Waals surface area contributed by atoms with E-state index in [1.54, 1.807) is 0 Å². The Morgan fingerprint density at radius 1 is 0.742 bits per heavy atom. The van der Waals surface area contributed by atoms with Gasteiger partial charge in [-0.15, -0.1) is 0 Å². The van der Waals surface area contributed by atoms with E-state index in [-0.39, 0.29) is 29.8 Å². The number of aliphatic imine (C=N–C) groups is 1. The van der Waals surface area contributed by atoms with Crippen molar-refractivity contribution in [1.82, 2.24) is 30.4 Å². The first-order chi connectivity index (χ1) is 30.0. The van der Waals surface area contributed by atoms with Gasteiger partial charge >= 0.3 is 12.2 Å². The molecule has 0 spiro atoms. The van der Waals surface area contributed by atoms with Crippen molar-refractivity contribution in [2.45, 2.75) is 77.0 Å². The highest BCUT2D eigenvalue weighted by molar-refractivity contribution is 6.04. The first-order valence-corrected chi connectivity index (χ1v) is 21.3. The number of ether oxygens (including phenoxy) is 2. The molecule has 0 bridgehead atoms. The molecule has 0 unspecified atom stereocenters. The average Bonchev–Trinajstić information content (AvgIpc) is 4.14. The highest BCUT2D eigenvalue weighted by atomic mass is 16.5. The normalized spacial score (nSPS) is 18.4. The molecule has 0 saturated carbocycles. The van der Waals surface area contributed by atoms with Gasteiger partial charge in [0.25, 0.3) is 0 Å². The fourth-order valence-corrected chi connectivity index (χ4v) is 9.00. The summed E-state index contributed by atoms with van der Waals surface area (Å²) in [6.07, 6.45) is 6.42. The summed E-state index contributed by atoms with van der Waals surface area (Å²) in [5, 5.41) is 7.68. The third kappa shape index (κ3) is 8.70. The second-order valence-corrected chi connectivity index (χ2v) is 16.7. The van der Waals surface area contributed by atoms with Crippen LogP contribution in [0.4, 0.5) is 9.59 Å². The van der Waals surface area contributed by atoms with Gasteiger partial charge in [0.1, 0.15) is 17.9 Å². The smallest absolute Gasteiger partial charge is 0.407 e. The number of alkyl carbamates (subject to hydrolysis) is 2. The molecule has 2 saturated heterocycles. The van der Waals surface area contributed by atoms with Gasteiger partial charge in [0.15, 0.2) is 0 Å². The number of carbonyl (C=O) groups excluding carboxylic acids is 4. The van der Waals surface area contributed by atoms with Gasteiger partial charge in [-0.05, 0) is 89.3 Å². The van der Waals surface area contributed by atoms with Crippen molar-refractivity contribution in [3.8, 4) is 22.4 Å². The van der Waals surface area contributed by atoms with Gasteiger partial charge in [0.2, 0.25) is 11.8 Å². The van der Waals surface area contributed by atoms with Crippen molar-refractivity contribution >= 4 is 46.1 Å². The summed E-state index contributed by atoms with van der Waals surface area (Å²) in [6, 6.07) is 27.1. The number of amides is 4. The number of hydrogen-bond acceptors (Lipinski definition) is 8. The van der Waals surface area contributed by atoms with Crippen LogP contribution in [0, 0.1) is 12.8 Å². The number of imidazole rings is 1. The molecule has 2 fully saturated rings. The SMILES string of the molecule is COC(=O)N[C@H](C(=O)N1CCC[C@H]1c1ncc(-c2ccc3cc(-c4ccc(C5=CN=C([C@@H]6CCCN6C(=O)[C@H](NC(=O)OC)c6cccc(C)c6)C5)cc4)ccc3c2)[nH]1)C(C)C. The Morgan fingerprint density at radius 3 is 2.06 bits per heavy atom. The Hall–Kier alpha value is -6.76. The predicted molar refractivity (Wildman–Crippen MR) is 239 cm³/mol. The van der Waals surface area contributed by atoms with Gasteiger partial charge in [-0.1, -0.05) is 92.2 Å². The number of nitrogens with one attached hydrogen (secondary N) is 3. The maximum Gasteiger partial charge on any atom is 0.407 e. The fourth-order valence-electron chi connectivity index (χ4n) is 9.00. The number of allylic oxidation sites excluding steroid dienone is 1. The summed E-state index contributed by atoms with van der Waals surface area (Å²) >= 11 is 0. The standard InChI is InChI=1S/C49H53N7O6/c1-29(2)43(53-48(59)61-4)46(57)56-22-8-12-42(56)45-51-28-40(52-45)36-20-19-34-24-33(17-18-35(34)25-36)31-13-15-32(16-14-31)38-26-39(50-27-38)41-11-7-21-55(41)47(58)44(54-49(60)62-5)37-10-6-9-30(3)23-37/h6,9-10,13-20,23-25,27-29,41-44H,7-8,11-12,21-22,26H2,1-5H3,(H,51,52)(H,53,59)(H,54,60)/t41-,42-,43-,44+/m0/s1. The number of hydrogen-bond donors (Lipinski definition) is 3. The van der Waals surface area contributed by atoms with Crippen LogP contribution in [0.15, 0.2) is 102 Å². The minimum atomic E-state index is -0.858. The monoisotopic (exact) mass is 835 g/mol. The molecule has 1 aromatic heterocycles. The molecule has 320 valence electrons. The zero-order valence-corrected chi connectivity index (χ0v) is 35.8. The van der Waals surface area contributed by atoms with E-state index in [1.165, 1.54) is 14.2 Å². The third-order valence-corrected chi connectivity index (χ3v) is 12.3. The summed E-state index contributed by atoms with van der Waals surface area (Å²) in [5.41, 5.74) is 8.93. The molecule has 62 heavy (non-hydrogen) atoms. The van der Waals surface area contributed by atoms with E-state index in [0.29, 0.717) is 19.5 Å². The summed E-state index contributed by atoms with van der Waals surface area (Å²) in [6.45, 7) is 6.96. The zero-order chi connectivity index (χ0) is 43.5. The van der Waals surface area contributed by atoms with E-state index in [1.807, 2.05) is 67.2 Å². The lowest BCUT2D eigenvalue weighted by molar-refractivity contribution is -0.135. The molecule has 3 aliphatic heterocycles. The first kappa shape index (κ1) is 42.0. The number of likely N-dealkylation sites (tertiary alicyclic amines) is 2. The van der Waals surface area contributed by atoms with Gasteiger partial charge in [-0.3, -0.25) is 14.6 Å². The van der Waals surface area contributed by atoms with E-state index in [4.69, 9.17) is 19.5 Å². The van der Waals surface area contributed by atoms with Gasteiger partial charge in [-0.25, -0.2) is 14.6 Å². The van der Waals surface area contributed by atoms with E-state index >= 15 is 0 Å². The Kier molecular flexibility index (Phi) is 12.2. The van der Waals surface area contributed by atoms with Gasteiger partial charge in [-0.2, -0.15) is 0 Å². The number of aromatic nitrogens is 2. The Labute approximate surface area is 361 Å². The fraction of sp³-hybridized carbons (Fsp3) is 0.347. The molecule has 4 atom stereocenters. The van der Waals surface area contributed by atoms with Crippen LogP contribution in [0.3, 0.4) is 0 Å². The number of nitrogens with zero attached hydrogens (tertiary/aromatic N) is 4. The molecule has 4 aromatic carbocycles. The van der Waals surface area contributed by atoms with E-state index in [2.05, 4.69) is 76.3 Å². The minimum Gasteiger partial charge on any atom is -0.453 e. The van der Waals surface area contributed by atoms with Crippen LogP contribution in [-0.2, 0) is 19.1 Å². The lowest BCUT2D eigenvalue weighted by Gasteiger charge is -2.30. The molecular weight excluding hydrogens is 783 g/mol. The molecule has 3 aliphatic rings. The van der Waals surface area contributed by atoms with Crippen LogP contribution >= 0.6 is 0 Å². The minimum absolute atomic E-state index is 0.106. The highest BCUT2D eigenvalue weighted by Gasteiger charge is 2.39. The Balaban J connectivity index is 0.916. The maximum atomic E-state index is 14.1. The number of H-pyrrole nitrogens is 1. The quantitative estimate of drug-likeness (QED) is 0.120. The van der Waals surface area contributed by atoms with Crippen molar-refractivity contribution in [2.24, 2.45) is 10.9 Å². The van der Waals surface area contributed by atoms with Gasteiger partial charge < -0.3 is 34.9 Å². The Bertz CT molecular complexity index is 2560. The lowest BCUT2D eigenvalue weighted by Crippen LogP contribution is -2.51. The van der Waals surface area contributed by atoms with Crippen LogP contribution in [0.5, 0.6) is 0 Å². The predicted octanol–water partition coefficient (Wildman–Crippen LogP) is 8.52. The lowest BCUT2D eigenvalue weighted by atomic mass is 9.95. The van der Waals surface area contributed by atoms with E-state index in [9.17, 15) is 19.2 Å².